The highest BCUT2D eigenvalue weighted by Gasteiger charge is 1.93. The van der Waals surface area contributed by atoms with Gasteiger partial charge in [-0.15, -0.1) is 0 Å². The average Bonchev–Trinajstić information content (AvgIpc) is 2.39. The lowest BCUT2D eigenvalue weighted by Crippen LogP contribution is -1.83. The van der Waals surface area contributed by atoms with E-state index in [-0.39, 0.29) is 0 Å². The molecule has 0 aliphatic heterocycles. The second-order valence-corrected chi connectivity index (χ2v) is 8.54. The van der Waals surface area contributed by atoms with Crippen LogP contribution in [-0.2, 0) is 0 Å². The molecule has 0 aliphatic carbocycles. The first kappa shape index (κ1) is 19.2. The molecule has 0 rings (SSSR count). The van der Waals surface area contributed by atoms with Crippen LogP contribution in [0.15, 0.2) is 0 Å². The highest BCUT2D eigenvalue weighted by atomic mass is 127. The zero-order valence-corrected chi connectivity index (χ0v) is 15.6. The molecule has 0 aromatic heterocycles. The van der Waals surface area contributed by atoms with E-state index in [1.54, 1.807) is 0 Å². The van der Waals surface area contributed by atoms with E-state index in [0.29, 0.717) is 0 Å². The molecule has 0 saturated heterocycles. The molecule has 0 saturated carbocycles. The third-order valence-electron chi connectivity index (χ3n) is 3.62. The van der Waals surface area contributed by atoms with Gasteiger partial charge in [0.1, 0.15) is 0 Å². The predicted octanol–water partition coefficient (Wildman–Crippen LogP) is 7.50. The van der Waals surface area contributed by atoms with Crippen molar-refractivity contribution in [3.63, 3.8) is 0 Å². The quantitative estimate of drug-likeness (QED) is 0.156. The minimum atomic E-state index is 1.14. The molecular formula is C16H34IP. The third-order valence-corrected chi connectivity index (χ3v) is 5.79. The van der Waals surface area contributed by atoms with E-state index >= 15 is 0 Å². The molecule has 0 fully saturated rings. The van der Waals surface area contributed by atoms with Gasteiger partial charge in [0.05, 0.1) is 0 Å². The normalized spacial score (nSPS) is 11.7. The number of unbranched alkanes of at least 4 members (excludes halogenated alkanes) is 13. The molecule has 0 aromatic carbocycles. The van der Waals surface area contributed by atoms with Crippen LogP contribution in [-0.4, -0.2) is 6.16 Å². The molecule has 0 aliphatic rings. The van der Waals surface area contributed by atoms with Gasteiger partial charge in [0.2, 0.25) is 0 Å². The lowest BCUT2D eigenvalue weighted by molar-refractivity contribution is 0.538. The summed E-state index contributed by atoms with van der Waals surface area (Å²) < 4.78 is 0. The van der Waals surface area contributed by atoms with E-state index in [1.165, 1.54) is 96.1 Å². The molecule has 0 spiro atoms. The van der Waals surface area contributed by atoms with Gasteiger partial charge in [0.25, 0.3) is 0 Å². The van der Waals surface area contributed by atoms with Crippen LogP contribution >= 0.6 is 28.3 Å². The van der Waals surface area contributed by atoms with E-state index in [9.17, 15) is 0 Å². The summed E-state index contributed by atoms with van der Waals surface area (Å²) in [5.74, 6) is 0. The van der Waals surface area contributed by atoms with Crippen molar-refractivity contribution < 1.29 is 0 Å². The molecule has 18 heavy (non-hydrogen) atoms. The SMILES string of the molecule is CCCCCCCCCCCCCCCCPI. The minimum absolute atomic E-state index is 1.14. The predicted molar refractivity (Wildman–Crippen MR) is 97.5 cm³/mol. The smallest absolute Gasteiger partial charge is 0.0263 e. The van der Waals surface area contributed by atoms with Gasteiger partial charge in [-0.05, 0) is 12.6 Å². The second-order valence-electron chi connectivity index (χ2n) is 5.48. The molecule has 0 aromatic rings. The van der Waals surface area contributed by atoms with E-state index in [0.717, 1.165) is 6.22 Å². The Kier molecular flexibility index (Phi) is 19.3. The zero-order chi connectivity index (χ0) is 13.3. The average molecular weight is 384 g/mol. The maximum Gasteiger partial charge on any atom is -0.0263 e. The highest BCUT2D eigenvalue weighted by Crippen LogP contribution is 2.22. The van der Waals surface area contributed by atoms with Gasteiger partial charge in [-0.3, -0.25) is 0 Å². The van der Waals surface area contributed by atoms with Crippen molar-refractivity contribution in [3.8, 4) is 0 Å². The van der Waals surface area contributed by atoms with Crippen molar-refractivity contribution in [3.05, 3.63) is 0 Å². The van der Waals surface area contributed by atoms with Crippen molar-refractivity contribution >= 4 is 28.3 Å². The van der Waals surface area contributed by atoms with Gasteiger partial charge in [-0.25, -0.2) is 0 Å². The second kappa shape index (κ2) is 18.2. The molecule has 1 unspecified atom stereocenters. The van der Waals surface area contributed by atoms with Crippen LogP contribution in [0.5, 0.6) is 0 Å². The van der Waals surface area contributed by atoms with Crippen LogP contribution in [0.1, 0.15) is 96.8 Å². The summed E-state index contributed by atoms with van der Waals surface area (Å²) >= 11 is 2.51. The molecule has 0 heterocycles. The first-order chi connectivity index (χ1) is 8.91. The molecule has 0 nitrogen and oxygen atoms in total. The van der Waals surface area contributed by atoms with E-state index in [2.05, 4.69) is 29.0 Å². The topological polar surface area (TPSA) is 0 Å². The van der Waals surface area contributed by atoms with Crippen molar-refractivity contribution in [1.82, 2.24) is 0 Å². The Hall–Kier alpha value is 1.16. The molecule has 0 bridgehead atoms. The molecule has 2 heteroatoms. The van der Waals surface area contributed by atoms with E-state index < -0.39 is 0 Å². The summed E-state index contributed by atoms with van der Waals surface area (Å²) in [6, 6.07) is 0. The standard InChI is InChI=1S/C16H34IP/c1-2-3-4-5-6-7-8-9-10-11-12-13-14-15-16-18-17/h18H,2-16H2,1H3. The number of rotatable bonds is 15. The number of hydrogen-bond donors (Lipinski definition) is 0. The van der Waals surface area contributed by atoms with Crippen LogP contribution in [0.2, 0.25) is 0 Å². The van der Waals surface area contributed by atoms with Crippen molar-refractivity contribution in [2.75, 3.05) is 6.16 Å². The van der Waals surface area contributed by atoms with Crippen LogP contribution in [0.4, 0.5) is 0 Å². The fraction of sp³-hybridized carbons (Fsp3) is 1.00. The Bertz CT molecular complexity index is 123. The van der Waals surface area contributed by atoms with E-state index in [1.807, 2.05) is 0 Å². The Balaban J connectivity index is 2.86. The van der Waals surface area contributed by atoms with Crippen LogP contribution < -0.4 is 0 Å². The lowest BCUT2D eigenvalue weighted by Gasteiger charge is -2.02. The van der Waals surface area contributed by atoms with Crippen LogP contribution in [0, 0.1) is 0 Å². The third kappa shape index (κ3) is 17.2. The van der Waals surface area contributed by atoms with Gasteiger partial charge >= 0.3 is 0 Å². The van der Waals surface area contributed by atoms with Crippen LogP contribution in [0.3, 0.4) is 0 Å². The molecule has 110 valence electrons. The Morgan fingerprint density at radius 3 is 1.22 bits per heavy atom. The summed E-state index contributed by atoms with van der Waals surface area (Å²) in [5.41, 5.74) is 0. The van der Waals surface area contributed by atoms with Crippen molar-refractivity contribution in [2.45, 2.75) is 96.8 Å². The zero-order valence-electron chi connectivity index (χ0n) is 12.5. The summed E-state index contributed by atoms with van der Waals surface area (Å²) in [7, 11) is 0. The van der Waals surface area contributed by atoms with Crippen molar-refractivity contribution in [2.24, 2.45) is 0 Å². The van der Waals surface area contributed by atoms with Gasteiger partial charge in [0.15, 0.2) is 0 Å². The minimum Gasteiger partial charge on any atom is -0.0654 e. The summed E-state index contributed by atoms with van der Waals surface area (Å²) in [6.45, 7) is 2.29. The fourth-order valence-corrected chi connectivity index (χ4v) is 3.91. The first-order valence-electron chi connectivity index (χ1n) is 8.25. The Labute approximate surface area is 131 Å². The van der Waals surface area contributed by atoms with E-state index in [4.69, 9.17) is 0 Å². The van der Waals surface area contributed by atoms with Gasteiger partial charge in [-0.2, -0.15) is 0 Å². The molecule has 0 N–H and O–H groups in total. The summed E-state index contributed by atoms with van der Waals surface area (Å²) in [5, 5.41) is 0. The fourth-order valence-electron chi connectivity index (χ4n) is 2.39. The number of halogens is 1. The first-order valence-corrected chi connectivity index (χ1v) is 12.6. The number of hydrogen-bond acceptors (Lipinski definition) is 0. The van der Waals surface area contributed by atoms with Crippen molar-refractivity contribution in [1.29, 1.82) is 0 Å². The Morgan fingerprint density at radius 1 is 0.556 bits per heavy atom. The van der Waals surface area contributed by atoms with Crippen LogP contribution in [0.25, 0.3) is 0 Å². The molecular weight excluding hydrogens is 350 g/mol. The molecule has 0 radical (unpaired) electrons. The van der Waals surface area contributed by atoms with Gasteiger partial charge in [-0.1, -0.05) is 119 Å². The maximum atomic E-state index is 2.51. The maximum absolute atomic E-state index is 2.51. The lowest BCUT2D eigenvalue weighted by atomic mass is 10.0. The Morgan fingerprint density at radius 2 is 0.889 bits per heavy atom. The van der Waals surface area contributed by atoms with Gasteiger partial charge < -0.3 is 0 Å². The summed E-state index contributed by atoms with van der Waals surface area (Å²) in [6.07, 6.45) is 23.2. The molecule has 1 atom stereocenters. The van der Waals surface area contributed by atoms with Gasteiger partial charge in [0, 0.05) is 0 Å². The monoisotopic (exact) mass is 384 g/mol. The molecule has 0 amide bonds. The largest absolute Gasteiger partial charge is 0.0654 e. The highest BCUT2D eigenvalue weighted by molar-refractivity contribution is 14.2. The summed E-state index contributed by atoms with van der Waals surface area (Å²) in [4.78, 5) is 0.